The Balaban J connectivity index is 2.60. The second-order valence-corrected chi connectivity index (χ2v) is 3.74. The Morgan fingerprint density at radius 1 is 1.69 bits per heavy atom. The Kier molecular flexibility index (Phi) is 4.30. The Bertz CT molecular complexity index is 349. The summed E-state index contributed by atoms with van der Waals surface area (Å²) in [7, 11) is 1.60. The van der Waals surface area contributed by atoms with E-state index in [-0.39, 0.29) is 12.6 Å². The third-order valence-corrected chi connectivity index (χ3v) is 2.00. The summed E-state index contributed by atoms with van der Waals surface area (Å²) in [6, 6.07) is -0.646. The van der Waals surface area contributed by atoms with Crippen LogP contribution >= 0.6 is 0 Å². The van der Waals surface area contributed by atoms with Crippen LogP contribution in [0.1, 0.15) is 13.8 Å². The van der Waals surface area contributed by atoms with E-state index in [1.807, 2.05) is 13.8 Å². The topological polar surface area (TPSA) is 76.4 Å². The number of ether oxygens (including phenoxy) is 1. The molecule has 16 heavy (non-hydrogen) atoms. The Morgan fingerprint density at radius 3 is 2.88 bits per heavy atom. The molecule has 0 fully saturated rings. The smallest absolute Gasteiger partial charge is 0.322 e. The van der Waals surface area contributed by atoms with Gasteiger partial charge in [-0.1, -0.05) is 0 Å². The Hall–Kier alpha value is -1.56. The predicted octanol–water partition coefficient (Wildman–Crippen LogP) is 0.343. The fourth-order valence-electron chi connectivity index (χ4n) is 1.26. The predicted molar refractivity (Wildman–Crippen MR) is 58.5 cm³/mol. The van der Waals surface area contributed by atoms with E-state index in [2.05, 4.69) is 10.4 Å². The summed E-state index contributed by atoms with van der Waals surface area (Å²) in [4.78, 5) is 10.8. The molecule has 1 rings (SSSR count). The maximum absolute atomic E-state index is 10.8. The van der Waals surface area contributed by atoms with Crippen molar-refractivity contribution in [1.29, 1.82) is 0 Å². The molecule has 1 atom stereocenters. The lowest BCUT2D eigenvalue weighted by Crippen LogP contribution is -2.37. The molecule has 0 saturated carbocycles. The van der Waals surface area contributed by atoms with Gasteiger partial charge < -0.3 is 15.2 Å². The van der Waals surface area contributed by atoms with Crippen molar-refractivity contribution in [2.24, 2.45) is 0 Å². The number of carbonyl (C=O) groups is 1. The van der Waals surface area contributed by atoms with Gasteiger partial charge in [0, 0.05) is 0 Å². The standard InChI is InChI=1S/C10H17N3O3/c1-7(2)16-8-4-12-13(5-8)6-9(11-3)10(14)15/h4-5,7,9,11H,6H2,1-3H3,(H,14,15). The molecule has 0 aromatic carbocycles. The summed E-state index contributed by atoms with van der Waals surface area (Å²) in [5, 5.41) is 15.6. The van der Waals surface area contributed by atoms with Crippen LogP contribution < -0.4 is 10.1 Å². The number of carboxylic acids is 1. The van der Waals surface area contributed by atoms with Crippen molar-refractivity contribution in [1.82, 2.24) is 15.1 Å². The number of hydrogen-bond donors (Lipinski definition) is 2. The molecule has 0 amide bonds. The van der Waals surface area contributed by atoms with Crippen molar-refractivity contribution < 1.29 is 14.6 Å². The molecule has 1 heterocycles. The lowest BCUT2D eigenvalue weighted by molar-refractivity contribution is -0.139. The van der Waals surface area contributed by atoms with Crippen LogP contribution in [-0.2, 0) is 11.3 Å². The molecule has 6 nitrogen and oxygen atoms in total. The average Bonchev–Trinajstić information content (AvgIpc) is 2.60. The van der Waals surface area contributed by atoms with Crippen LogP contribution in [-0.4, -0.2) is 40.0 Å². The molecule has 0 aliphatic carbocycles. The number of nitrogens with one attached hydrogen (secondary N) is 1. The number of aliphatic carboxylic acids is 1. The zero-order valence-electron chi connectivity index (χ0n) is 9.67. The van der Waals surface area contributed by atoms with Crippen LogP contribution in [0.2, 0.25) is 0 Å². The molecule has 0 aliphatic heterocycles. The maximum atomic E-state index is 10.8. The van der Waals surface area contributed by atoms with Gasteiger partial charge in [0.05, 0.1) is 25.0 Å². The molecule has 0 bridgehead atoms. The largest absolute Gasteiger partial charge is 0.488 e. The quantitative estimate of drug-likeness (QED) is 0.733. The monoisotopic (exact) mass is 227 g/mol. The summed E-state index contributed by atoms with van der Waals surface area (Å²) in [5.41, 5.74) is 0. The first-order valence-corrected chi connectivity index (χ1v) is 5.12. The van der Waals surface area contributed by atoms with Crippen molar-refractivity contribution >= 4 is 5.97 Å². The summed E-state index contributed by atoms with van der Waals surface area (Å²) in [6.45, 7) is 4.11. The number of likely N-dealkylation sites (N-methyl/N-ethyl adjacent to an activating group) is 1. The zero-order valence-corrected chi connectivity index (χ0v) is 9.67. The fourth-order valence-corrected chi connectivity index (χ4v) is 1.26. The molecule has 0 saturated heterocycles. The summed E-state index contributed by atoms with van der Waals surface area (Å²) in [6.07, 6.45) is 3.35. The zero-order chi connectivity index (χ0) is 12.1. The highest BCUT2D eigenvalue weighted by atomic mass is 16.5. The molecule has 1 aromatic rings. The fraction of sp³-hybridized carbons (Fsp3) is 0.600. The second kappa shape index (κ2) is 5.50. The lowest BCUT2D eigenvalue weighted by Gasteiger charge is -2.10. The highest BCUT2D eigenvalue weighted by Gasteiger charge is 2.16. The van der Waals surface area contributed by atoms with Gasteiger partial charge >= 0.3 is 5.97 Å². The van der Waals surface area contributed by atoms with Gasteiger partial charge in [0.25, 0.3) is 0 Å². The first-order valence-electron chi connectivity index (χ1n) is 5.12. The highest BCUT2D eigenvalue weighted by Crippen LogP contribution is 2.10. The first kappa shape index (κ1) is 12.5. The minimum atomic E-state index is -0.899. The van der Waals surface area contributed by atoms with Gasteiger partial charge in [0.1, 0.15) is 6.04 Å². The lowest BCUT2D eigenvalue weighted by atomic mass is 10.3. The van der Waals surface area contributed by atoms with Crippen molar-refractivity contribution in [3.63, 3.8) is 0 Å². The van der Waals surface area contributed by atoms with Crippen LogP contribution in [0.15, 0.2) is 12.4 Å². The molecule has 2 N–H and O–H groups in total. The van der Waals surface area contributed by atoms with E-state index in [4.69, 9.17) is 9.84 Å². The van der Waals surface area contributed by atoms with Crippen molar-refractivity contribution in [2.45, 2.75) is 32.5 Å². The molecular formula is C10H17N3O3. The molecule has 0 aliphatic rings. The molecule has 6 heteroatoms. The van der Waals surface area contributed by atoms with E-state index in [9.17, 15) is 4.79 Å². The molecule has 1 aromatic heterocycles. The third kappa shape index (κ3) is 3.54. The van der Waals surface area contributed by atoms with Crippen LogP contribution in [0, 0.1) is 0 Å². The third-order valence-electron chi connectivity index (χ3n) is 2.00. The van der Waals surface area contributed by atoms with Crippen LogP contribution in [0.5, 0.6) is 5.75 Å². The van der Waals surface area contributed by atoms with Crippen LogP contribution in [0.3, 0.4) is 0 Å². The van der Waals surface area contributed by atoms with Gasteiger partial charge in [-0.3, -0.25) is 9.48 Å². The SMILES string of the molecule is CNC(Cn1cc(OC(C)C)cn1)C(=O)O. The van der Waals surface area contributed by atoms with Gasteiger partial charge in [-0.15, -0.1) is 0 Å². The van der Waals surface area contributed by atoms with Gasteiger partial charge in [0.15, 0.2) is 5.75 Å². The van der Waals surface area contributed by atoms with Crippen LogP contribution in [0.25, 0.3) is 0 Å². The average molecular weight is 227 g/mol. The summed E-state index contributed by atoms with van der Waals surface area (Å²) >= 11 is 0. The van der Waals surface area contributed by atoms with Gasteiger partial charge in [0.2, 0.25) is 0 Å². The number of carboxylic acid groups (broad SMARTS) is 1. The number of hydrogen-bond acceptors (Lipinski definition) is 4. The molecule has 90 valence electrons. The van der Waals surface area contributed by atoms with E-state index in [1.165, 1.54) is 0 Å². The minimum absolute atomic E-state index is 0.0808. The molecule has 0 spiro atoms. The molecule has 1 unspecified atom stereocenters. The molecule has 0 radical (unpaired) electrons. The van der Waals surface area contributed by atoms with Gasteiger partial charge in [-0.05, 0) is 20.9 Å². The van der Waals surface area contributed by atoms with Gasteiger partial charge in [-0.2, -0.15) is 5.10 Å². The van der Waals surface area contributed by atoms with E-state index >= 15 is 0 Å². The highest BCUT2D eigenvalue weighted by molar-refractivity contribution is 5.73. The van der Waals surface area contributed by atoms with Crippen molar-refractivity contribution in [3.05, 3.63) is 12.4 Å². The van der Waals surface area contributed by atoms with Gasteiger partial charge in [-0.25, -0.2) is 0 Å². The Morgan fingerprint density at radius 2 is 2.38 bits per heavy atom. The summed E-state index contributed by atoms with van der Waals surface area (Å²) < 4.78 is 6.97. The van der Waals surface area contributed by atoms with E-state index in [1.54, 1.807) is 24.1 Å². The van der Waals surface area contributed by atoms with E-state index < -0.39 is 12.0 Å². The number of aromatic nitrogens is 2. The normalized spacial score (nSPS) is 12.8. The minimum Gasteiger partial charge on any atom is -0.488 e. The summed E-state index contributed by atoms with van der Waals surface area (Å²) in [5.74, 6) is -0.250. The second-order valence-electron chi connectivity index (χ2n) is 3.74. The van der Waals surface area contributed by atoms with Crippen molar-refractivity contribution in [3.8, 4) is 5.75 Å². The first-order chi connectivity index (χ1) is 7.52. The molecular weight excluding hydrogens is 210 g/mol. The number of nitrogens with zero attached hydrogens (tertiary/aromatic N) is 2. The van der Waals surface area contributed by atoms with Crippen LogP contribution in [0.4, 0.5) is 0 Å². The Labute approximate surface area is 94.2 Å². The van der Waals surface area contributed by atoms with Crippen molar-refractivity contribution in [2.75, 3.05) is 7.05 Å². The van der Waals surface area contributed by atoms with E-state index in [0.29, 0.717) is 5.75 Å². The maximum Gasteiger partial charge on any atom is 0.322 e. The van der Waals surface area contributed by atoms with E-state index in [0.717, 1.165) is 0 Å². The number of rotatable bonds is 6.